The zero-order valence-electron chi connectivity index (χ0n) is 10.9. The molecule has 0 aromatic heterocycles. The molecule has 0 heterocycles. The van der Waals surface area contributed by atoms with Gasteiger partial charge in [-0.2, -0.15) is 0 Å². The Hall–Kier alpha value is -2.11. The number of amides is 1. The van der Waals surface area contributed by atoms with Crippen LogP contribution in [0, 0.1) is 5.82 Å². The Bertz CT molecular complexity index is 450. The molecule has 0 N–H and O–H groups in total. The lowest BCUT2D eigenvalue weighted by Crippen LogP contribution is -2.36. The predicted molar refractivity (Wildman–Crippen MR) is 66.2 cm³/mol. The smallest absolute Gasteiger partial charge is 0.325 e. The number of nitrogens with zero attached hydrogens (tertiary/aromatic N) is 1. The maximum Gasteiger partial charge on any atom is 0.325 e. The highest BCUT2D eigenvalue weighted by Gasteiger charge is 2.14. The summed E-state index contributed by atoms with van der Waals surface area (Å²) in [4.78, 5) is 24.0. The molecule has 1 rings (SSSR count). The van der Waals surface area contributed by atoms with Crippen LogP contribution >= 0.6 is 0 Å². The second-order valence-corrected chi connectivity index (χ2v) is 3.77. The lowest BCUT2D eigenvalue weighted by molar-refractivity contribution is -0.148. The Morgan fingerprint density at radius 1 is 1.32 bits per heavy atom. The van der Waals surface area contributed by atoms with Gasteiger partial charge in [0.05, 0.1) is 6.61 Å². The number of esters is 1. The van der Waals surface area contributed by atoms with E-state index in [9.17, 15) is 14.0 Å². The van der Waals surface area contributed by atoms with Crippen LogP contribution in [0.4, 0.5) is 4.39 Å². The normalized spacial score (nSPS) is 9.84. The van der Waals surface area contributed by atoms with Gasteiger partial charge in [-0.1, -0.05) is 12.1 Å². The van der Waals surface area contributed by atoms with Gasteiger partial charge in [-0.3, -0.25) is 9.59 Å². The third-order valence-corrected chi connectivity index (χ3v) is 2.29. The molecule has 0 saturated heterocycles. The molecule has 1 amide bonds. The molecule has 0 unspecified atom stereocenters. The summed E-state index contributed by atoms with van der Waals surface area (Å²) >= 11 is 0. The van der Waals surface area contributed by atoms with Gasteiger partial charge in [-0.05, 0) is 19.1 Å². The first-order valence-electron chi connectivity index (χ1n) is 5.81. The average molecular weight is 269 g/mol. The quantitative estimate of drug-likeness (QED) is 0.729. The molecule has 0 aliphatic heterocycles. The first kappa shape index (κ1) is 14.9. The Balaban J connectivity index is 2.43. The van der Waals surface area contributed by atoms with Crippen molar-refractivity contribution in [2.45, 2.75) is 6.92 Å². The third kappa shape index (κ3) is 4.95. The molecule has 0 fully saturated rings. The second kappa shape index (κ2) is 7.35. The van der Waals surface area contributed by atoms with E-state index in [1.807, 2.05) is 0 Å². The van der Waals surface area contributed by atoms with Gasteiger partial charge in [0.25, 0.3) is 5.91 Å². The minimum Gasteiger partial charge on any atom is -0.481 e. The Morgan fingerprint density at radius 2 is 2.00 bits per heavy atom. The monoisotopic (exact) mass is 269 g/mol. The molecule has 19 heavy (non-hydrogen) atoms. The van der Waals surface area contributed by atoms with Gasteiger partial charge < -0.3 is 14.4 Å². The summed E-state index contributed by atoms with van der Waals surface area (Å²) in [5.74, 6) is -1.47. The van der Waals surface area contributed by atoms with Crippen molar-refractivity contribution in [1.82, 2.24) is 4.90 Å². The van der Waals surface area contributed by atoms with Crippen LogP contribution in [0.3, 0.4) is 0 Å². The van der Waals surface area contributed by atoms with E-state index in [2.05, 4.69) is 0 Å². The first-order chi connectivity index (χ1) is 9.04. The number of benzene rings is 1. The van der Waals surface area contributed by atoms with Crippen molar-refractivity contribution in [1.29, 1.82) is 0 Å². The van der Waals surface area contributed by atoms with Crippen LogP contribution in [0.25, 0.3) is 0 Å². The molecular weight excluding hydrogens is 253 g/mol. The fraction of sp³-hybridized carbons (Fsp3) is 0.385. The fourth-order valence-corrected chi connectivity index (χ4v) is 1.30. The maximum atomic E-state index is 13.2. The Labute approximate surface area is 110 Å². The van der Waals surface area contributed by atoms with Crippen LogP contribution in [-0.2, 0) is 14.3 Å². The van der Waals surface area contributed by atoms with Crippen LogP contribution in [-0.4, -0.2) is 43.6 Å². The molecule has 1 aromatic carbocycles. The van der Waals surface area contributed by atoms with Crippen molar-refractivity contribution in [2.75, 3.05) is 26.8 Å². The number of rotatable bonds is 6. The Morgan fingerprint density at radius 3 is 2.63 bits per heavy atom. The van der Waals surface area contributed by atoms with Crippen molar-refractivity contribution < 1.29 is 23.5 Å². The molecule has 6 heteroatoms. The van der Waals surface area contributed by atoms with Gasteiger partial charge in [0.1, 0.15) is 6.54 Å². The molecular formula is C13H16FNO4. The van der Waals surface area contributed by atoms with Crippen molar-refractivity contribution in [3.8, 4) is 5.75 Å². The highest BCUT2D eigenvalue weighted by Crippen LogP contribution is 2.15. The number of para-hydroxylation sites is 1. The summed E-state index contributed by atoms with van der Waals surface area (Å²) in [6.07, 6.45) is 0. The van der Waals surface area contributed by atoms with E-state index in [-0.39, 0.29) is 25.5 Å². The number of likely N-dealkylation sites (N-methyl/N-ethyl adjacent to an activating group) is 1. The van der Waals surface area contributed by atoms with Gasteiger partial charge in [0, 0.05) is 7.05 Å². The molecule has 1 aromatic rings. The topological polar surface area (TPSA) is 55.8 Å². The standard InChI is InChI=1S/C13H16FNO4/c1-3-18-13(17)8-15(2)12(16)9-19-11-7-5-4-6-10(11)14/h4-7H,3,8-9H2,1-2H3. The molecule has 0 spiro atoms. The van der Waals surface area contributed by atoms with Gasteiger partial charge >= 0.3 is 5.97 Å². The molecule has 0 atom stereocenters. The molecule has 0 aliphatic rings. The van der Waals surface area contributed by atoms with Crippen molar-refractivity contribution in [3.63, 3.8) is 0 Å². The summed E-state index contributed by atoms with van der Waals surface area (Å²) in [5, 5.41) is 0. The maximum absolute atomic E-state index is 13.2. The van der Waals surface area contributed by atoms with E-state index in [0.717, 1.165) is 0 Å². The van der Waals surface area contributed by atoms with Gasteiger partial charge in [0.15, 0.2) is 18.2 Å². The fourth-order valence-electron chi connectivity index (χ4n) is 1.30. The zero-order chi connectivity index (χ0) is 14.3. The van der Waals surface area contributed by atoms with Crippen molar-refractivity contribution in [2.24, 2.45) is 0 Å². The molecule has 0 saturated carbocycles. The zero-order valence-corrected chi connectivity index (χ0v) is 10.9. The minimum atomic E-state index is -0.539. The van der Waals surface area contributed by atoms with Crippen LogP contribution in [0.15, 0.2) is 24.3 Å². The summed E-state index contributed by atoms with van der Waals surface area (Å²) in [5.41, 5.74) is 0. The number of hydrogen-bond acceptors (Lipinski definition) is 4. The number of halogens is 1. The molecule has 104 valence electrons. The third-order valence-electron chi connectivity index (χ3n) is 2.29. The van der Waals surface area contributed by atoms with E-state index in [4.69, 9.17) is 9.47 Å². The van der Waals surface area contributed by atoms with Crippen LogP contribution in [0.1, 0.15) is 6.92 Å². The van der Waals surface area contributed by atoms with Crippen LogP contribution in [0.5, 0.6) is 5.75 Å². The number of ether oxygens (including phenoxy) is 2. The van der Waals surface area contributed by atoms with Crippen molar-refractivity contribution >= 4 is 11.9 Å². The Kier molecular flexibility index (Phi) is 5.78. The SMILES string of the molecule is CCOC(=O)CN(C)C(=O)COc1ccccc1F. The molecule has 0 radical (unpaired) electrons. The summed E-state index contributed by atoms with van der Waals surface area (Å²) in [7, 11) is 1.45. The second-order valence-electron chi connectivity index (χ2n) is 3.77. The van der Waals surface area contributed by atoms with Crippen LogP contribution < -0.4 is 4.74 Å². The van der Waals surface area contributed by atoms with Gasteiger partial charge in [-0.25, -0.2) is 4.39 Å². The minimum absolute atomic E-state index is 0.000356. The van der Waals surface area contributed by atoms with E-state index in [1.54, 1.807) is 13.0 Å². The predicted octanol–water partition coefficient (Wildman–Crippen LogP) is 1.23. The average Bonchev–Trinajstić information content (AvgIpc) is 2.37. The summed E-state index contributed by atoms with van der Waals surface area (Å²) in [6, 6.07) is 5.79. The van der Waals surface area contributed by atoms with E-state index in [1.165, 1.54) is 30.1 Å². The molecule has 0 aliphatic carbocycles. The number of carbonyl (C=O) groups is 2. The first-order valence-corrected chi connectivity index (χ1v) is 5.81. The van der Waals surface area contributed by atoms with Crippen LogP contribution in [0.2, 0.25) is 0 Å². The summed E-state index contributed by atoms with van der Waals surface area (Å²) in [6.45, 7) is 1.44. The highest BCUT2D eigenvalue weighted by molar-refractivity contribution is 5.82. The summed E-state index contributed by atoms with van der Waals surface area (Å²) < 4.78 is 23.0. The van der Waals surface area contributed by atoms with E-state index < -0.39 is 17.7 Å². The largest absolute Gasteiger partial charge is 0.481 e. The lowest BCUT2D eigenvalue weighted by atomic mass is 10.3. The van der Waals surface area contributed by atoms with Gasteiger partial charge in [-0.15, -0.1) is 0 Å². The molecule has 0 bridgehead atoms. The highest BCUT2D eigenvalue weighted by atomic mass is 19.1. The number of hydrogen-bond donors (Lipinski definition) is 0. The number of carbonyl (C=O) groups excluding carboxylic acids is 2. The van der Waals surface area contributed by atoms with Gasteiger partial charge in [0.2, 0.25) is 0 Å². The lowest BCUT2D eigenvalue weighted by Gasteiger charge is -2.16. The van der Waals surface area contributed by atoms with Crippen molar-refractivity contribution in [3.05, 3.63) is 30.1 Å². The van der Waals surface area contributed by atoms with E-state index >= 15 is 0 Å². The molecule has 5 nitrogen and oxygen atoms in total. The van der Waals surface area contributed by atoms with E-state index in [0.29, 0.717) is 0 Å².